The van der Waals surface area contributed by atoms with Crippen LogP contribution in [0.1, 0.15) is 11.1 Å². The number of alkyl halides is 3. The third-order valence-electron chi connectivity index (χ3n) is 2.79. The summed E-state index contributed by atoms with van der Waals surface area (Å²) in [5, 5.41) is 2.69. The SMILES string of the molecule is FC(F)(F)c1ccccc1N/C=C/Cc1ccccc1. The Morgan fingerprint density at radius 3 is 2.25 bits per heavy atom. The van der Waals surface area contributed by atoms with Gasteiger partial charge in [-0.3, -0.25) is 0 Å². The van der Waals surface area contributed by atoms with Gasteiger partial charge < -0.3 is 5.32 Å². The minimum Gasteiger partial charge on any atom is -0.362 e. The molecule has 0 fully saturated rings. The molecule has 2 aromatic rings. The highest BCUT2D eigenvalue weighted by Gasteiger charge is 2.32. The number of nitrogens with one attached hydrogen (secondary N) is 1. The lowest BCUT2D eigenvalue weighted by Crippen LogP contribution is -2.08. The Morgan fingerprint density at radius 2 is 1.55 bits per heavy atom. The van der Waals surface area contributed by atoms with Gasteiger partial charge in [0.15, 0.2) is 0 Å². The molecule has 1 nitrogen and oxygen atoms in total. The zero-order chi connectivity index (χ0) is 14.4. The predicted molar refractivity (Wildman–Crippen MR) is 74.4 cm³/mol. The Kier molecular flexibility index (Phi) is 4.45. The van der Waals surface area contributed by atoms with Crippen molar-refractivity contribution < 1.29 is 13.2 Å². The molecule has 0 amide bonds. The Morgan fingerprint density at radius 1 is 0.900 bits per heavy atom. The van der Waals surface area contributed by atoms with Crippen LogP contribution in [0.25, 0.3) is 0 Å². The second kappa shape index (κ2) is 6.28. The van der Waals surface area contributed by atoms with Crippen LogP contribution in [-0.4, -0.2) is 0 Å². The van der Waals surface area contributed by atoms with E-state index < -0.39 is 11.7 Å². The molecule has 0 heterocycles. The number of hydrogen-bond acceptors (Lipinski definition) is 1. The summed E-state index contributed by atoms with van der Waals surface area (Å²) < 4.78 is 38.3. The van der Waals surface area contributed by atoms with E-state index in [0.29, 0.717) is 6.42 Å². The first kappa shape index (κ1) is 14.2. The Hall–Kier alpha value is -2.23. The van der Waals surface area contributed by atoms with Crippen molar-refractivity contribution in [1.29, 1.82) is 0 Å². The maximum Gasteiger partial charge on any atom is 0.418 e. The third-order valence-corrected chi connectivity index (χ3v) is 2.79. The van der Waals surface area contributed by atoms with E-state index in [1.54, 1.807) is 12.1 Å². The average molecular weight is 277 g/mol. The van der Waals surface area contributed by atoms with Crippen LogP contribution >= 0.6 is 0 Å². The molecular weight excluding hydrogens is 263 g/mol. The van der Waals surface area contributed by atoms with Crippen LogP contribution in [-0.2, 0) is 12.6 Å². The summed E-state index contributed by atoms with van der Waals surface area (Å²) in [6.07, 6.45) is -0.348. The van der Waals surface area contributed by atoms with Gasteiger partial charge in [0.05, 0.1) is 11.3 Å². The zero-order valence-electron chi connectivity index (χ0n) is 10.7. The number of hydrogen-bond donors (Lipinski definition) is 1. The monoisotopic (exact) mass is 277 g/mol. The standard InChI is InChI=1S/C16H14F3N/c17-16(18,19)14-10-4-5-11-15(14)20-12-6-9-13-7-2-1-3-8-13/h1-8,10-12,20H,9H2/b12-6+. The molecule has 0 spiro atoms. The number of benzene rings is 2. The molecule has 0 bridgehead atoms. The molecule has 4 heteroatoms. The summed E-state index contributed by atoms with van der Waals surface area (Å²) in [4.78, 5) is 0. The van der Waals surface area contributed by atoms with E-state index in [1.807, 2.05) is 30.3 Å². The average Bonchev–Trinajstić information content (AvgIpc) is 2.44. The zero-order valence-corrected chi connectivity index (χ0v) is 10.7. The fourth-order valence-corrected chi connectivity index (χ4v) is 1.81. The normalized spacial score (nSPS) is 11.8. The first-order valence-corrected chi connectivity index (χ1v) is 6.19. The molecule has 2 rings (SSSR count). The van der Waals surface area contributed by atoms with E-state index in [2.05, 4.69) is 5.32 Å². The summed E-state index contributed by atoms with van der Waals surface area (Å²) in [5.41, 5.74) is 0.503. The van der Waals surface area contributed by atoms with Crippen LogP contribution in [0.4, 0.5) is 18.9 Å². The van der Waals surface area contributed by atoms with Gasteiger partial charge in [0.1, 0.15) is 0 Å². The summed E-state index contributed by atoms with van der Waals surface area (Å²) in [6, 6.07) is 15.1. The number of para-hydroxylation sites is 1. The summed E-state index contributed by atoms with van der Waals surface area (Å²) in [6.45, 7) is 0. The van der Waals surface area contributed by atoms with Crippen LogP contribution in [0.5, 0.6) is 0 Å². The first-order valence-electron chi connectivity index (χ1n) is 6.19. The fourth-order valence-electron chi connectivity index (χ4n) is 1.81. The lowest BCUT2D eigenvalue weighted by molar-refractivity contribution is -0.136. The molecule has 0 aliphatic heterocycles. The van der Waals surface area contributed by atoms with E-state index in [0.717, 1.165) is 11.6 Å². The third kappa shape index (κ3) is 3.88. The molecule has 0 saturated heterocycles. The maximum absolute atomic E-state index is 12.8. The molecule has 1 N–H and O–H groups in total. The number of halogens is 3. The lowest BCUT2D eigenvalue weighted by atomic mass is 10.1. The van der Waals surface area contributed by atoms with Gasteiger partial charge in [-0.1, -0.05) is 48.5 Å². The molecule has 104 valence electrons. The van der Waals surface area contributed by atoms with Gasteiger partial charge in [0.25, 0.3) is 0 Å². The highest BCUT2D eigenvalue weighted by Crippen LogP contribution is 2.34. The van der Waals surface area contributed by atoms with Crippen molar-refractivity contribution in [3.05, 3.63) is 78.0 Å². The number of rotatable bonds is 4. The molecule has 0 unspecified atom stereocenters. The largest absolute Gasteiger partial charge is 0.418 e. The quantitative estimate of drug-likeness (QED) is 0.840. The van der Waals surface area contributed by atoms with E-state index in [9.17, 15) is 13.2 Å². The summed E-state index contributed by atoms with van der Waals surface area (Å²) >= 11 is 0. The second-order valence-electron chi connectivity index (χ2n) is 4.28. The van der Waals surface area contributed by atoms with Crippen molar-refractivity contribution in [2.24, 2.45) is 0 Å². The van der Waals surface area contributed by atoms with E-state index >= 15 is 0 Å². The van der Waals surface area contributed by atoms with E-state index in [1.165, 1.54) is 18.3 Å². The van der Waals surface area contributed by atoms with Gasteiger partial charge in [-0.2, -0.15) is 13.2 Å². The second-order valence-corrected chi connectivity index (χ2v) is 4.28. The van der Waals surface area contributed by atoms with Crippen LogP contribution in [0, 0.1) is 0 Å². The highest BCUT2D eigenvalue weighted by atomic mass is 19.4. The van der Waals surface area contributed by atoms with Gasteiger partial charge in [-0.05, 0) is 30.3 Å². The molecule has 0 saturated carbocycles. The smallest absolute Gasteiger partial charge is 0.362 e. The maximum atomic E-state index is 12.8. The molecule has 0 atom stereocenters. The van der Waals surface area contributed by atoms with E-state index in [4.69, 9.17) is 0 Å². The minimum absolute atomic E-state index is 0.0595. The summed E-state index contributed by atoms with van der Waals surface area (Å²) in [7, 11) is 0. The minimum atomic E-state index is -4.35. The molecule has 2 aromatic carbocycles. The highest BCUT2D eigenvalue weighted by molar-refractivity contribution is 5.54. The van der Waals surface area contributed by atoms with Crippen LogP contribution in [0.3, 0.4) is 0 Å². The van der Waals surface area contributed by atoms with Gasteiger partial charge >= 0.3 is 6.18 Å². The van der Waals surface area contributed by atoms with Crippen LogP contribution < -0.4 is 5.32 Å². The van der Waals surface area contributed by atoms with Crippen LogP contribution in [0.15, 0.2) is 66.9 Å². The van der Waals surface area contributed by atoms with Crippen molar-refractivity contribution in [1.82, 2.24) is 0 Å². The van der Waals surface area contributed by atoms with Crippen molar-refractivity contribution in [2.45, 2.75) is 12.6 Å². The molecule has 20 heavy (non-hydrogen) atoms. The van der Waals surface area contributed by atoms with E-state index in [-0.39, 0.29) is 5.69 Å². The molecular formula is C16H14F3N. The van der Waals surface area contributed by atoms with Crippen molar-refractivity contribution in [2.75, 3.05) is 5.32 Å². The number of anilines is 1. The van der Waals surface area contributed by atoms with Crippen molar-refractivity contribution in [3.8, 4) is 0 Å². The van der Waals surface area contributed by atoms with Crippen molar-refractivity contribution in [3.63, 3.8) is 0 Å². The van der Waals surface area contributed by atoms with Gasteiger partial charge in [0, 0.05) is 0 Å². The topological polar surface area (TPSA) is 12.0 Å². The fraction of sp³-hybridized carbons (Fsp3) is 0.125. The molecule has 0 aliphatic carbocycles. The van der Waals surface area contributed by atoms with Gasteiger partial charge in [0.2, 0.25) is 0 Å². The van der Waals surface area contributed by atoms with Crippen LogP contribution in [0.2, 0.25) is 0 Å². The first-order chi connectivity index (χ1) is 9.57. The van der Waals surface area contributed by atoms with Crippen molar-refractivity contribution >= 4 is 5.69 Å². The Balaban J connectivity index is 2.01. The Bertz CT molecular complexity index is 574. The molecule has 0 radical (unpaired) electrons. The summed E-state index contributed by atoms with van der Waals surface area (Å²) in [5.74, 6) is 0. The predicted octanol–water partition coefficient (Wildman–Crippen LogP) is 4.87. The lowest BCUT2D eigenvalue weighted by Gasteiger charge is -2.11. The molecule has 0 aliphatic rings. The Labute approximate surface area is 115 Å². The number of allylic oxidation sites excluding steroid dienone is 1. The van der Waals surface area contributed by atoms with Gasteiger partial charge in [-0.15, -0.1) is 0 Å². The molecule has 0 aromatic heterocycles. The van der Waals surface area contributed by atoms with Gasteiger partial charge in [-0.25, -0.2) is 0 Å².